The number of aryl methyl sites for hydroxylation is 1. The van der Waals surface area contributed by atoms with E-state index in [1.807, 2.05) is 48.5 Å². The Labute approximate surface area is 158 Å². The average molecular weight is 356 g/mol. The minimum absolute atomic E-state index is 0.144. The summed E-state index contributed by atoms with van der Waals surface area (Å²) in [5, 5.41) is 14.8. The third-order valence-electron chi connectivity index (χ3n) is 4.97. The zero-order chi connectivity index (χ0) is 18.8. The van der Waals surface area contributed by atoms with E-state index in [1.165, 1.54) is 16.7 Å². The number of anilines is 1. The molecule has 0 saturated carbocycles. The number of nitrogens with zero attached hydrogens (tertiary/aromatic N) is 1. The number of nitro benzene ring substituents is 1. The first kappa shape index (κ1) is 17.0. The van der Waals surface area contributed by atoms with E-state index >= 15 is 0 Å². The standard InChI is InChI=1S/C23H20N2O2/c1-16-11-21(20-12-18-9-5-6-10-19(18)13-20)22(14-23(16)25(26)27)24-15-17-7-3-2-4-8-17/h2-12,14,24H,13,15H2,1H3. The summed E-state index contributed by atoms with van der Waals surface area (Å²) in [6.45, 7) is 2.42. The topological polar surface area (TPSA) is 55.2 Å². The number of nitrogens with one attached hydrogen (secondary N) is 1. The molecule has 134 valence electrons. The maximum absolute atomic E-state index is 11.4. The van der Waals surface area contributed by atoms with Crippen molar-refractivity contribution in [2.45, 2.75) is 19.9 Å². The van der Waals surface area contributed by atoms with Gasteiger partial charge in [-0.3, -0.25) is 10.1 Å². The Balaban J connectivity index is 1.72. The summed E-state index contributed by atoms with van der Waals surface area (Å²) in [6.07, 6.45) is 3.02. The van der Waals surface area contributed by atoms with Gasteiger partial charge in [-0.15, -0.1) is 0 Å². The molecule has 0 aromatic heterocycles. The lowest BCUT2D eigenvalue weighted by atomic mass is 9.98. The summed E-state index contributed by atoms with van der Waals surface area (Å²) in [7, 11) is 0. The first-order valence-electron chi connectivity index (χ1n) is 8.97. The van der Waals surface area contributed by atoms with E-state index in [1.54, 1.807) is 13.0 Å². The van der Waals surface area contributed by atoms with E-state index < -0.39 is 0 Å². The quantitative estimate of drug-likeness (QED) is 0.477. The van der Waals surface area contributed by atoms with Crippen molar-refractivity contribution in [1.29, 1.82) is 0 Å². The van der Waals surface area contributed by atoms with Gasteiger partial charge < -0.3 is 5.32 Å². The molecule has 1 aliphatic rings. The zero-order valence-corrected chi connectivity index (χ0v) is 15.1. The minimum Gasteiger partial charge on any atom is -0.380 e. The molecule has 1 aliphatic carbocycles. The number of hydrogen-bond donors (Lipinski definition) is 1. The van der Waals surface area contributed by atoms with Gasteiger partial charge in [-0.1, -0.05) is 60.7 Å². The Morgan fingerprint density at radius 2 is 1.78 bits per heavy atom. The van der Waals surface area contributed by atoms with Crippen LogP contribution < -0.4 is 5.32 Å². The molecule has 0 aliphatic heterocycles. The van der Waals surface area contributed by atoms with Crippen molar-refractivity contribution in [2.24, 2.45) is 0 Å². The van der Waals surface area contributed by atoms with Crippen LogP contribution in [0.3, 0.4) is 0 Å². The van der Waals surface area contributed by atoms with Gasteiger partial charge in [-0.25, -0.2) is 0 Å². The molecule has 27 heavy (non-hydrogen) atoms. The predicted molar refractivity (Wildman–Crippen MR) is 110 cm³/mol. The molecule has 0 atom stereocenters. The maximum Gasteiger partial charge on any atom is 0.274 e. The highest BCUT2D eigenvalue weighted by Crippen LogP contribution is 2.38. The number of rotatable bonds is 5. The van der Waals surface area contributed by atoms with E-state index in [-0.39, 0.29) is 10.6 Å². The zero-order valence-electron chi connectivity index (χ0n) is 15.1. The molecule has 4 nitrogen and oxygen atoms in total. The minimum atomic E-state index is -0.315. The van der Waals surface area contributed by atoms with Gasteiger partial charge in [0.05, 0.1) is 4.92 Å². The molecule has 0 amide bonds. The molecule has 0 fully saturated rings. The van der Waals surface area contributed by atoms with Gasteiger partial charge in [-0.2, -0.15) is 0 Å². The van der Waals surface area contributed by atoms with Crippen LogP contribution in [0.25, 0.3) is 11.6 Å². The van der Waals surface area contributed by atoms with Crippen LogP contribution in [-0.4, -0.2) is 4.92 Å². The van der Waals surface area contributed by atoms with E-state index in [9.17, 15) is 10.1 Å². The van der Waals surface area contributed by atoms with Crippen molar-refractivity contribution < 1.29 is 4.92 Å². The lowest BCUT2D eigenvalue weighted by Gasteiger charge is -2.15. The fraction of sp³-hybridized carbons (Fsp3) is 0.130. The molecule has 4 heteroatoms. The van der Waals surface area contributed by atoms with Gasteiger partial charge in [-0.05, 0) is 41.7 Å². The van der Waals surface area contributed by atoms with Crippen LogP contribution in [0.4, 0.5) is 11.4 Å². The molecule has 0 unspecified atom stereocenters. The van der Waals surface area contributed by atoms with Crippen molar-refractivity contribution in [3.8, 4) is 0 Å². The highest BCUT2D eigenvalue weighted by atomic mass is 16.6. The van der Waals surface area contributed by atoms with Crippen molar-refractivity contribution in [2.75, 3.05) is 5.32 Å². The highest BCUT2D eigenvalue weighted by molar-refractivity contribution is 5.93. The number of benzene rings is 3. The van der Waals surface area contributed by atoms with Gasteiger partial charge in [0.15, 0.2) is 0 Å². The third-order valence-corrected chi connectivity index (χ3v) is 4.97. The van der Waals surface area contributed by atoms with Crippen LogP contribution in [-0.2, 0) is 13.0 Å². The summed E-state index contributed by atoms with van der Waals surface area (Å²) >= 11 is 0. The molecule has 1 N–H and O–H groups in total. The largest absolute Gasteiger partial charge is 0.380 e. The smallest absolute Gasteiger partial charge is 0.274 e. The summed E-state index contributed by atoms with van der Waals surface area (Å²) in [4.78, 5) is 11.1. The van der Waals surface area contributed by atoms with Crippen molar-refractivity contribution in [3.63, 3.8) is 0 Å². The van der Waals surface area contributed by atoms with Crippen molar-refractivity contribution in [3.05, 3.63) is 105 Å². The number of nitro groups is 1. The molecule has 0 spiro atoms. The maximum atomic E-state index is 11.4. The second-order valence-corrected chi connectivity index (χ2v) is 6.83. The van der Waals surface area contributed by atoms with Gasteiger partial charge in [0.25, 0.3) is 5.69 Å². The number of allylic oxidation sites excluding steroid dienone is 1. The third kappa shape index (κ3) is 3.47. The van der Waals surface area contributed by atoms with Crippen LogP contribution in [0.2, 0.25) is 0 Å². The fourth-order valence-corrected chi connectivity index (χ4v) is 3.55. The first-order valence-corrected chi connectivity index (χ1v) is 8.97. The molecular weight excluding hydrogens is 336 g/mol. The van der Waals surface area contributed by atoms with E-state index in [0.717, 1.165) is 23.2 Å². The summed E-state index contributed by atoms with van der Waals surface area (Å²) in [5.74, 6) is 0. The van der Waals surface area contributed by atoms with Crippen LogP contribution in [0.5, 0.6) is 0 Å². The predicted octanol–water partition coefficient (Wildman–Crippen LogP) is 5.61. The SMILES string of the molecule is Cc1cc(C2=Cc3ccccc3C2)c(NCc2ccccc2)cc1[N+](=O)[O-]. The summed E-state index contributed by atoms with van der Waals surface area (Å²) < 4.78 is 0. The summed E-state index contributed by atoms with van der Waals surface area (Å²) in [6, 6.07) is 22.0. The van der Waals surface area contributed by atoms with Crippen LogP contribution >= 0.6 is 0 Å². The van der Waals surface area contributed by atoms with Gasteiger partial charge in [0.1, 0.15) is 0 Å². The van der Waals surface area contributed by atoms with Crippen LogP contribution in [0, 0.1) is 17.0 Å². The van der Waals surface area contributed by atoms with Crippen molar-refractivity contribution >= 4 is 23.0 Å². The van der Waals surface area contributed by atoms with E-state index in [4.69, 9.17) is 0 Å². The number of fused-ring (bicyclic) bond motifs is 1. The van der Waals surface area contributed by atoms with Crippen LogP contribution in [0.1, 0.15) is 27.8 Å². The normalized spacial score (nSPS) is 12.4. The van der Waals surface area contributed by atoms with Crippen LogP contribution in [0.15, 0.2) is 66.7 Å². The molecule has 0 radical (unpaired) electrons. The molecule has 3 aromatic rings. The monoisotopic (exact) mass is 356 g/mol. The Hall–Kier alpha value is -3.40. The average Bonchev–Trinajstić information content (AvgIpc) is 3.11. The van der Waals surface area contributed by atoms with E-state index in [0.29, 0.717) is 12.1 Å². The molecular formula is C23H20N2O2. The second-order valence-electron chi connectivity index (χ2n) is 6.83. The molecule has 0 heterocycles. The van der Waals surface area contributed by atoms with Gasteiger partial charge in [0.2, 0.25) is 0 Å². The molecule has 0 saturated heterocycles. The lowest BCUT2D eigenvalue weighted by molar-refractivity contribution is -0.385. The van der Waals surface area contributed by atoms with E-state index in [2.05, 4.69) is 23.5 Å². The summed E-state index contributed by atoms with van der Waals surface area (Å²) in [5.41, 5.74) is 7.48. The Kier molecular flexibility index (Phi) is 4.47. The molecule has 4 rings (SSSR count). The molecule has 0 bridgehead atoms. The Morgan fingerprint density at radius 1 is 1.04 bits per heavy atom. The lowest BCUT2D eigenvalue weighted by Crippen LogP contribution is -2.04. The molecule has 3 aromatic carbocycles. The van der Waals surface area contributed by atoms with Crippen molar-refractivity contribution in [1.82, 2.24) is 0 Å². The Morgan fingerprint density at radius 3 is 2.52 bits per heavy atom. The van der Waals surface area contributed by atoms with Gasteiger partial charge >= 0.3 is 0 Å². The second kappa shape index (κ2) is 7.08. The number of hydrogen-bond acceptors (Lipinski definition) is 3. The first-order chi connectivity index (χ1) is 13.1. The highest BCUT2D eigenvalue weighted by Gasteiger charge is 2.20. The van der Waals surface area contributed by atoms with Gasteiger partial charge in [0, 0.05) is 29.4 Å². The fourth-order valence-electron chi connectivity index (χ4n) is 3.55. The Bertz CT molecular complexity index is 1040.